The summed E-state index contributed by atoms with van der Waals surface area (Å²) < 4.78 is 13.5. The van der Waals surface area contributed by atoms with Crippen molar-refractivity contribution in [1.29, 1.82) is 0 Å². The third-order valence-electron chi connectivity index (χ3n) is 2.46. The van der Waals surface area contributed by atoms with Gasteiger partial charge < -0.3 is 0 Å². The number of ketones is 1. The number of carbonyl (C=O) groups excluding carboxylic acids is 1. The molecule has 0 bridgehead atoms. The van der Waals surface area contributed by atoms with Gasteiger partial charge in [0.1, 0.15) is 5.82 Å². The van der Waals surface area contributed by atoms with Crippen molar-refractivity contribution >= 4 is 28.4 Å². The van der Waals surface area contributed by atoms with E-state index < -0.39 is 0 Å². The lowest BCUT2D eigenvalue weighted by Gasteiger charge is -2.08. The molecule has 0 saturated carbocycles. The van der Waals surface area contributed by atoms with Crippen molar-refractivity contribution in [2.45, 2.75) is 26.7 Å². The highest BCUT2D eigenvalue weighted by Crippen LogP contribution is 2.18. The monoisotopic (exact) mass is 320 g/mol. The molecule has 1 atom stereocenters. The minimum atomic E-state index is -0.292. The van der Waals surface area contributed by atoms with E-state index in [9.17, 15) is 9.18 Å². The summed E-state index contributed by atoms with van der Waals surface area (Å²) in [6.07, 6.45) is 1.53. The van der Waals surface area contributed by atoms with E-state index >= 15 is 0 Å². The van der Waals surface area contributed by atoms with Crippen molar-refractivity contribution in [3.63, 3.8) is 0 Å². The van der Waals surface area contributed by atoms with Gasteiger partial charge >= 0.3 is 0 Å². The fourth-order valence-electron chi connectivity index (χ4n) is 1.29. The molecule has 0 spiro atoms. The first-order valence-electron chi connectivity index (χ1n) is 5.02. The lowest BCUT2D eigenvalue weighted by molar-refractivity contribution is 0.0963. The summed E-state index contributed by atoms with van der Waals surface area (Å²) in [5, 5.41) is 0. The number of rotatable bonds is 4. The molecular formula is C12H14FIO. The van der Waals surface area contributed by atoms with Crippen LogP contribution in [-0.2, 0) is 0 Å². The average Bonchev–Trinajstić information content (AvgIpc) is 2.17. The molecule has 0 heterocycles. The molecule has 0 N–H and O–H groups in total. The van der Waals surface area contributed by atoms with Gasteiger partial charge in [0.2, 0.25) is 0 Å². The maximum Gasteiger partial charge on any atom is 0.164 e. The van der Waals surface area contributed by atoms with Gasteiger partial charge in [-0.15, -0.1) is 0 Å². The summed E-state index contributed by atoms with van der Waals surface area (Å²) in [6.45, 7) is 4.11. The molecule has 0 saturated heterocycles. The smallest absolute Gasteiger partial charge is 0.164 e. The number of halogens is 2. The molecule has 3 heteroatoms. The van der Waals surface area contributed by atoms with Crippen molar-refractivity contribution in [3.8, 4) is 0 Å². The summed E-state index contributed by atoms with van der Waals surface area (Å²) >= 11 is 2.00. The zero-order valence-corrected chi connectivity index (χ0v) is 11.0. The Labute approximate surface area is 103 Å². The normalized spacial score (nSPS) is 12.5. The predicted molar refractivity (Wildman–Crippen MR) is 67.5 cm³/mol. The van der Waals surface area contributed by atoms with Crippen molar-refractivity contribution in [2.24, 2.45) is 5.92 Å². The summed E-state index contributed by atoms with van der Waals surface area (Å²) in [4.78, 5) is 11.8. The fourth-order valence-corrected chi connectivity index (χ4v) is 2.06. The second-order valence-corrected chi connectivity index (χ2v) is 4.93. The van der Waals surface area contributed by atoms with Crippen LogP contribution in [0, 0.1) is 15.3 Å². The van der Waals surface area contributed by atoms with E-state index in [1.54, 1.807) is 6.07 Å². The van der Waals surface area contributed by atoms with Gasteiger partial charge in [-0.3, -0.25) is 4.79 Å². The minimum Gasteiger partial charge on any atom is -0.294 e. The number of hydrogen-bond acceptors (Lipinski definition) is 1. The third-order valence-corrected chi connectivity index (χ3v) is 3.35. The zero-order valence-electron chi connectivity index (χ0n) is 8.89. The van der Waals surface area contributed by atoms with E-state index in [-0.39, 0.29) is 11.6 Å². The van der Waals surface area contributed by atoms with E-state index in [1.165, 1.54) is 12.1 Å². The maximum absolute atomic E-state index is 12.8. The third kappa shape index (κ3) is 3.55. The van der Waals surface area contributed by atoms with Crippen LogP contribution in [0.5, 0.6) is 0 Å². The van der Waals surface area contributed by atoms with Crippen LogP contribution in [0.2, 0.25) is 0 Å². The summed E-state index contributed by atoms with van der Waals surface area (Å²) in [6, 6.07) is 4.30. The van der Waals surface area contributed by atoms with Gasteiger partial charge in [0.15, 0.2) is 5.78 Å². The average molecular weight is 320 g/mol. The highest BCUT2D eigenvalue weighted by molar-refractivity contribution is 14.1. The van der Waals surface area contributed by atoms with E-state index in [4.69, 9.17) is 0 Å². The molecular weight excluding hydrogens is 306 g/mol. The fraction of sp³-hybridized carbons (Fsp3) is 0.417. The first-order chi connectivity index (χ1) is 7.04. The van der Waals surface area contributed by atoms with Crippen LogP contribution in [0.15, 0.2) is 18.2 Å². The Morgan fingerprint density at radius 2 is 2.20 bits per heavy atom. The molecule has 0 fully saturated rings. The largest absolute Gasteiger partial charge is 0.294 e. The van der Waals surface area contributed by atoms with E-state index in [0.717, 1.165) is 6.42 Å². The number of carbonyl (C=O) groups is 1. The number of Topliss-reactive ketones (excluding diaryl/α,β-unsaturated/α-hetero) is 1. The van der Waals surface area contributed by atoms with Crippen LogP contribution >= 0.6 is 22.6 Å². The van der Waals surface area contributed by atoms with Crippen molar-refractivity contribution in [1.82, 2.24) is 0 Å². The second-order valence-electron chi connectivity index (χ2n) is 3.76. The van der Waals surface area contributed by atoms with Crippen LogP contribution in [0.25, 0.3) is 0 Å². The molecule has 0 amide bonds. The SMILES string of the molecule is CCC(C)CC(=O)c1ccc(F)cc1I. The first-order valence-corrected chi connectivity index (χ1v) is 6.10. The Morgan fingerprint density at radius 1 is 1.53 bits per heavy atom. The molecule has 0 aromatic heterocycles. The topological polar surface area (TPSA) is 17.1 Å². The van der Waals surface area contributed by atoms with Gasteiger partial charge in [0.25, 0.3) is 0 Å². The predicted octanol–water partition coefficient (Wildman–Crippen LogP) is 4.05. The Morgan fingerprint density at radius 3 is 2.73 bits per heavy atom. The first kappa shape index (κ1) is 12.6. The zero-order chi connectivity index (χ0) is 11.4. The summed E-state index contributed by atoms with van der Waals surface area (Å²) in [5.41, 5.74) is 0.636. The number of hydrogen-bond donors (Lipinski definition) is 0. The van der Waals surface area contributed by atoms with Gasteiger partial charge in [-0.25, -0.2) is 4.39 Å². The van der Waals surface area contributed by atoms with Crippen LogP contribution < -0.4 is 0 Å². The Hall–Kier alpha value is -0.450. The molecule has 0 aliphatic rings. The van der Waals surface area contributed by atoms with E-state index in [1.807, 2.05) is 29.5 Å². The highest BCUT2D eigenvalue weighted by Gasteiger charge is 2.13. The quantitative estimate of drug-likeness (QED) is 0.604. The molecule has 0 aliphatic carbocycles. The van der Waals surface area contributed by atoms with Crippen LogP contribution in [0.1, 0.15) is 37.0 Å². The molecule has 0 radical (unpaired) electrons. The molecule has 1 aromatic carbocycles. The van der Waals surface area contributed by atoms with Gasteiger partial charge in [-0.1, -0.05) is 20.3 Å². The Balaban J connectivity index is 2.82. The van der Waals surface area contributed by atoms with Crippen LogP contribution in [0.3, 0.4) is 0 Å². The molecule has 1 rings (SSSR count). The molecule has 1 nitrogen and oxygen atoms in total. The highest BCUT2D eigenvalue weighted by atomic mass is 127. The lowest BCUT2D eigenvalue weighted by atomic mass is 9.98. The standard InChI is InChI=1S/C12H14FIO/c1-3-8(2)6-12(15)10-5-4-9(13)7-11(10)14/h4-5,7-8H,3,6H2,1-2H3. The van der Waals surface area contributed by atoms with Gasteiger partial charge in [0, 0.05) is 15.6 Å². The van der Waals surface area contributed by atoms with Crippen molar-refractivity contribution in [2.75, 3.05) is 0 Å². The lowest BCUT2D eigenvalue weighted by Crippen LogP contribution is -2.07. The summed E-state index contributed by atoms with van der Waals surface area (Å²) in [7, 11) is 0. The van der Waals surface area contributed by atoms with Crippen LogP contribution in [-0.4, -0.2) is 5.78 Å². The Bertz CT molecular complexity index is 363. The van der Waals surface area contributed by atoms with Gasteiger partial charge in [-0.05, 0) is 46.7 Å². The van der Waals surface area contributed by atoms with Gasteiger partial charge in [0.05, 0.1) is 0 Å². The maximum atomic E-state index is 12.8. The molecule has 1 aromatic rings. The summed E-state index contributed by atoms with van der Waals surface area (Å²) in [5.74, 6) is 0.201. The van der Waals surface area contributed by atoms with Crippen molar-refractivity contribution in [3.05, 3.63) is 33.1 Å². The molecule has 15 heavy (non-hydrogen) atoms. The Kier molecular flexibility index (Phi) is 4.70. The molecule has 0 aliphatic heterocycles. The molecule has 82 valence electrons. The van der Waals surface area contributed by atoms with Crippen LogP contribution in [0.4, 0.5) is 4.39 Å². The van der Waals surface area contributed by atoms with E-state index in [0.29, 0.717) is 21.5 Å². The number of benzene rings is 1. The van der Waals surface area contributed by atoms with Gasteiger partial charge in [-0.2, -0.15) is 0 Å². The van der Waals surface area contributed by atoms with E-state index in [2.05, 4.69) is 6.92 Å². The molecule has 1 unspecified atom stereocenters. The van der Waals surface area contributed by atoms with Crippen molar-refractivity contribution < 1.29 is 9.18 Å². The minimum absolute atomic E-state index is 0.105. The second kappa shape index (κ2) is 5.58.